The van der Waals surface area contributed by atoms with Gasteiger partial charge in [-0.1, -0.05) is 23.7 Å². The van der Waals surface area contributed by atoms with E-state index in [4.69, 9.17) is 26.9 Å². The van der Waals surface area contributed by atoms with Gasteiger partial charge in [0.05, 0.1) is 24.0 Å². The molecule has 0 aliphatic rings. The third-order valence-corrected chi connectivity index (χ3v) is 3.25. The molecule has 0 atom stereocenters. The summed E-state index contributed by atoms with van der Waals surface area (Å²) >= 11 is 5.98. The second-order valence-electron chi connectivity index (χ2n) is 4.51. The molecule has 0 saturated heterocycles. The summed E-state index contributed by atoms with van der Waals surface area (Å²) in [6, 6.07) is 12.1. The van der Waals surface area contributed by atoms with Crippen LogP contribution in [0.2, 0.25) is 5.02 Å². The van der Waals surface area contributed by atoms with Gasteiger partial charge >= 0.3 is 0 Å². The van der Waals surface area contributed by atoms with E-state index in [0.717, 1.165) is 5.56 Å². The Balaban J connectivity index is 2.00. The van der Waals surface area contributed by atoms with E-state index >= 15 is 0 Å². The molecule has 3 N–H and O–H groups in total. The Bertz CT molecular complexity index is 719. The summed E-state index contributed by atoms with van der Waals surface area (Å²) in [5.74, 6) is 5.70. The number of carbonyl (C=O) groups is 1. The van der Waals surface area contributed by atoms with Crippen molar-refractivity contribution in [1.29, 1.82) is 0 Å². The monoisotopic (exact) mass is 333 g/mol. The Morgan fingerprint density at radius 1 is 1.30 bits per heavy atom. The third kappa shape index (κ3) is 4.62. The van der Waals surface area contributed by atoms with Crippen molar-refractivity contribution < 1.29 is 14.3 Å². The maximum Gasteiger partial charge on any atom is 0.262 e. The molecule has 1 amide bonds. The summed E-state index contributed by atoms with van der Waals surface area (Å²) in [6.07, 6.45) is 1.48. The summed E-state index contributed by atoms with van der Waals surface area (Å²) in [5.41, 5.74) is 1.29. The van der Waals surface area contributed by atoms with Gasteiger partial charge < -0.3 is 20.6 Å². The van der Waals surface area contributed by atoms with E-state index in [-0.39, 0.29) is 12.5 Å². The zero-order valence-corrected chi connectivity index (χ0v) is 13.2. The lowest BCUT2D eigenvalue weighted by Crippen LogP contribution is -2.20. The topological polar surface area (TPSA) is 85.9 Å². The normalized spacial score (nSPS) is 10.5. The molecule has 0 radical (unpaired) electrons. The van der Waals surface area contributed by atoms with E-state index in [2.05, 4.69) is 10.4 Å². The van der Waals surface area contributed by atoms with Crippen LogP contribution >= 0.6 is 11.6 Å². The van der Waals surface area contributed by atoms with Crippen LogP contribution in [0.1, 0.15) is 5.56 Å². The van der Waals surface area contributed by atoms with Crippen LogP contribution in [0.15, 0.2) is 47.6 Å². The Labute approximate surface area is 138 Å². The van der Waals surface area contributed by atoms with E-state index in [1.165, 1.54) is 13.3 Å². The molecular formula is C16H16ClN3O3. The molecule has 7 heteroatoms. The molecule has 0 aliphatic heterocycles. The number of nitrogens with one attached hydrogen (secondary N) is 1. The molecule has 0 aromatic heterocycles. The van der Waals surface area contributed by atoms with Crippen LogP contribution in [0, 0.1) is 0 Å². The Kier molecular flexibility index (Phi) is 5.82. The lowest BCUT2D eigenvalue weighted by Gasteiger charge is -2.12. The minimum atomic E-state index is -0.326. The summed E-state index contributed by atoms with van der Waals surface area (Å²) in [4.78, 5) is 11.9. The van der Waals surface area contributed by atoms with Gasteiger partial charge in [-0.25, -0.2) is 0 Å². The van der Waals surface area contributed by atoms with Crippen molar-refractivity contribution in [2.75, 3.05) is 19.0 Å². The van der Waals surface area contributed by atoms with E-state index in [1.54, 1.807) is 42.5 Å². The van der Waals surface area contributed by atoms with Crippen molar-refractivity contribution >= 4 is 29.4 Å². The number of amides is 1. The molecule has 0 bridgehead atoms. The summed E-state index contributed by atoms with van der Waals surface area (Å²) in [6.45, 7) is -0.175. The minimum absolute atomic E-state index is 0.175. The van der Waals surface area contributed by atoms with Gasteiger partial charge in [0.2, 0.25) is 0 Å². The predicted molar refractivity (Wildman–Crippen MR) is 90.4 cm³/mol. The average Bonchev–Trinajstić information content (AvgIpc) is 2.56. The minimum Gasteiger partial charge on any atom is -0.493 e. The van der Waals surface area contributed by atoms with Crippen LogP contribution in [-0.4, -0.2) is 25.8 Å². The Morgan fingerprint density at radius 3 is 2.78 bits per heavy atom. The highest BCUT2D eigenvalue weighted by Crippen LogP contribution is 2.27. The number of nitrogens with zero attached hydrogens (tertiary/aromatic N) is 1. The molecule has 2 aromatic carbocycles. The number of nitrogens with two attached hydrogens (primary N) is 1. The average molecular weight is 334 g/mol. The van der Waals surface area contributed by atoms with Crippen molar-refractivity contribution in [3.05, 3.63) is 53.1 Å². The molecule has 2 rings (SSSR count). The maximum absolute atomic E-state index is 11.9. The van der Waals surface area contributed by atoms with Crippen LogP contribution in [0.25, 0.3) is 0 Å². The van der Waals surface area contributed by atoms with Crippen LogP contribution in [-0.2, 0) is 4.79 Å². The fourth-order valence-corrected chi connectivity index (χ4v) is 2.04. The highest BCUT2D eigenvalue weighted by atomic mass is 35.5. The Hall–Kier alpha value is -2.73. The zero-order valence-electron chi connectivity index (χ0n) is 12.5. The molecule has 2 aromatic rings. The standard InChI is InChI=1S/C16H16ClN3O3/c1-22-15-8-11(9-19-18)6-7-14(15)23-10-16(21)20-13-5-3-2-4-12(13)17/h2-9H,10,18H2,1H3,(H,20,21)/b19-9-. The van der Waals surface area contributed by atoms with Gasteiger partial charge in [0.15, 0.2) is 18.1 Å². The molecule has 0 unspecified atom stereocenters. The van der Waals surface area contributed by atoms with Crippen molar-refractivity contribution in [2.45, 2.75) is 0 Å². The van der Waals surface area contributed by atoms with Gasteiger partial charge in [0, 0.05) is 0 Å². The third-order valence-electron chi connectivity index (χ3n) is 2.92. The highest BCUT2D eigenvalue weighted by molar-refractivity contribution is 6.33. The first-order valence-electron chi connectivity index (χ1n) is 6.72. The molecular weight excluding hydrogens is 318 g/mol. The molecule has 0 saturated carbocycles. The molecule has 6 nitrogen and oxygen atoms in total. The number of benzene rings is 2. The summed E-state index contributed by atoms with van der Waals surface area (Å²) in [5, 5.41) is 6.58. The number of methoxy groups -OCH3 is 1. The number of carbonyl (C=O) groups excluding carboxylic acids is 1. The van der Waals surface area contributed by atoms with E-state index in [0.29, 0.717) is 22.2 Å². The van der Waals surface area contributed by atoms with E-state index in [1.807, 2.05) is 0 Å². The van der Waals surface area contributed by atoms with Gasteiger partial charge in [-0.2, -0.15) is 5.10 Å². The van der Waals surface area contributed by atoms with Crippen molar-refractivity contribution in [2.24, 2.45) is 10.9 Å². The van der Waals surface area contributed by atoms with Gasteiger partial charge in [-0.05, 0) is 35.9 Å². The summed E-state index contributed by atoms with van der Waals surface area (Å²) in [7, 11) is 1.51. The molecule has 0 spiro atoms. The molecule has 0 heterocycles. The number of hydrazone groups is 1. The quantitative estimate of drug-likeness (QED) is 0.483. The van der Waals surface area contributed by atoms with Crippen LogP contribution in [0.4, 0.5) is 5.69 Å². The number of halogens is 1. The fraction of sp³-hybridized carbons (Fsp3) is 0.125. The smallest absolute Gasteiger partial charge is 0.262 e. The first-order chi connectivity index (χ1) is 11.1. The van der Waals surface area contributed by atoms with Crippen LogP contribution in [0.3, 0.4) is 0 Å². The number of ether oxygens (including phenoxy) is 2. The number of hydrogen-bond acceptors (Lipinski definition) is 5. The molecule has 23 heavy (non-hydrogen) atoms. The molecule has 120 valence electrons. The van der Waals surface area contributed by atoms with Gasteiger partial charge in [-0.3, -0.25) is 4.79 Å². The van der Waals surface area contributed by atoms with E-state index in [9.17, 15) is 4.79 Å². The summed E-state index contributed by atoms with van der Waals surface area (Å²) < 4.78 is 10.7. The second-order valence-corrected chi connectivity index (χ2v) is 4.91. The molecule has 0 aliphatic carbocycles. The van der Waals surface area contributed by atoms with Crippen molar-refractivity contribution in [3.8, 4) is 11.5 Å². The number of para-hydroxylation sites is 1. The van der Waals surface area contributed by atoms with Gasteiger partial charge in [-0.15, -0.1) is 0 Å². The van der Waals surface area contributed by atoms with Crippen LogP contribution < -0.4 is 20.6 Å². The van der Waals surface area contributed by atoms with Gasteiger partial charge in [0.1, 0.15) is 0 Å². The Morgan fingerprint density at radius 2 is 2.09 bits per heavy atom. The number of anilines is 1. The first-order valence-corrected chi connectivity index (χ1v) is 7.10. The molecule has 0 fully saturated rings. The fourth-order valence-electron chi connectivity index (χ4n) is 1.86. The second kappa shape index (κ2) is 8.05. The van der Waals surface area contributed by atoms with Gasteiger partial charge in [0.25, 0.3) is 5.91 Å². The number of hydrogen-bond donors (Lipinski definition) is 2. The first kappa shape index (κ1) is 16.6. The predicted octanol–water partition coefficient (Wildman–Crippen LogP) is 2.66. The lowest BCUT2D eigenvalue weighted by molar-refractivity contribution is -0.118. The highest BCUT2D eigenvalue weighted by Gasteiger charge is 2.09. The van der Waals surface area contributed by atoms with E-state index < -0.39 is 0 Å². The number of rotatable bonds is 6. The SMILES string of the molecule is COc1cc(/C=N\N)ccc1OCC(=O)Nc1ccccc1Cl. The lowest BCUT2D eigenvalue weighted by atomic mass is 10.2. The van der Waals surface area contributed by atoms with Crippen molar-refractivity contribution in [1.82, 2.24) is 0 Å². The zero-order chi connectivity index (χ0) is 16.7. The largest absolute Gasteiger partial charge is 0.493 e. The van der Waals surface area contributed by atoms with Crippen molar-refractivity contribution in [3.63, 3.8) is 0 Å². The van der Waals surface area contributed by atoms with Crippen LogP contribution in [0.5, 0.6) is 11.5 Å². The maximum atomic E-state index is 11.9.